The first-order valence-electron chi connectivity index (χ1n) is 9.42. The third-order valence-electron chi connectivity index (χ3n) is 5.40. The van der Waals surface area contributed by atoms with Crippen molar-refractivity contribution in [2.45, 2.75) is 90.7 Å². The molecule has 2 fully saturated rings. The van der Waals surface area contributed by atoms with Crippen molar-refractivity contribution in [2.24, 2.45) is 0 Å². The zero-order valence-electron chi connectivity index (χ0n) is 16.2. The van der Waals surface area contributed by atoms with E-state index in [2.05, 4.69) is 32.0 Å². The molecule has 0 N–H and O–H groups in total. The normalized spacial score (nSPS) is 26.0. The first kappa shape index (κ1) is 18.2. The second-order valence-electron chi connectivity index (χ2n) is 8.55. The summed E-state index contributed by atoms with van der Waals surface area (Å²) in [7, 11) is 0. The molecule has 25 heavy (non-hydrogen) atoms. The molecule has 1 amide bonds. The van der Waals surface area contributed by atoms with E-state index in [0.29, 0.717) is 6.61 Å². The van der Waals surface area contributed by atoms with Gasteiger partial charge in [0.1, 0.15) is 5.60 Å². The van der Waals surface area contributed by atoms with Gasteiger partial charge in [0.2, 0.25) is 0 Å². The second kappa shape index (κ2) is 6.99. The molecular formula is C21H31NO3. The van der Waals surface area contributed by atoms with Crippen LogP contribution in [0.25, 0.3) is 0 Å². The van der Waals surface area contributed by atoms with Gasteiger partial charge in [0.15, 0.2) is 0 Å². The molecule has 1 aromatic rings. The lowest BCUT2D eigenvalue weighted by Gasteiger charge is -2.39. The van der Waals surface area contributed by atoms with Gasteiger partial charge in [-0.15, -0.1) is 0 Å². The van der Waals surface area contributed by atoms with Gasteiger partial charge < -0.3 is 14.4 Å². The largest absolute Gasteiger partial charge is 0.444 e. The van der Waals surface area contributed by atoms with Gasteiger partial charge in [-0.05, 0) is 77.0 Å². The molecule has 4 heteroatoms. The van der Waals surface area contributed by atoms with Gasteiger partial charge in [-0.1, -0.05) is 18.2 Å². The lowest BCUT2D eigenvalue weighted by Crippen LogP contribution is -2.50. The summed E-state index contributed by atoms with van der Waals surface area (Å²) in [5, 5.41) is 0. The maximum absolute atomic E-state index is 12.5. The number of fused-ring (bicyclic) bond motifs is 2. The van der Waals surface area contributed by atoms with Crippen molar-refractivity contribution in [1.82, 2.24) is 4.90 Å². The quantitative estimate of drug-likeness (QED) is 0.793. The van der Waals surface area contributed by atoms with Crippen LogP contribution in [0.3, 0.4) is 0 Å². The molecule has 2 saturated heterocycles. The summed E-state index contributed by atoms with van der Waals surface area (Å²) in [5.41, 5.74) is 3.43. The van der Waals surface area contributed by atoms with Crippen LogP contribution in [0.4, 0.5) is 4.79 Å². The zero-order valence-corrected chi connectivity index (χ0v) is 16.2. The molecule has 138 valence electrons. The molecule has 0 saturated carbocycles. The molecule has 3 atom stereocenters. The SMILES string of the molecule is Cc1cccc(C)c1COC1C[C@H]2CC[C@@H](C1)N2C(=O)OC(C)(C)C. The van der Waals surface area contributed by atoms with E-state index in [1.165, 1.54) is 16.7 Å². The molecule has 4 nitrogen and oxygen atoms in total. The van der Waals surface area contributed by atoms with Gasteiger partial charge in [0.05, 0.1) is 12.7 Å². The topological polar surface area (TPSA) is 38.8 Å². The summed E-state index contributed by atoms with van der Waals surface area (Å²) in [6.45, 7) is 10.7. The Morgan fingerprint density at radius 2 is 1.68 bits per heavy atom. The number of rotatable bonds is 3. The van der Waals surface area contributed by atoms with E-state index in [-0.39, 0.29) is 24.3 Å². The van der Waals surface area contributed by atoms with E-state index in [0.717, 1.165) is 25.7 Å². The fourth-order valence-corrected chi connectivity index (χ4v) is 4.15. The number of benzene rings is 1. The highest BCUT2D eigenvalue weighted by molar-refractivity contribution is 5.69. The van der Waals surface area contributed by atoms with Crippen molar-refractivity contribution in [2.75, 3.05) is 0 Å². The third-order valence-corrected chi connectivity index (χ3v) is 5.40. The third kappa shape index (κ3) is 4.17. The number of piperidine rings is 1. The van der Waals surface area contributed by atoms with Gasteiger partial charge >= 0.3 is 6.09 Å². The van der Waals surface area contributed by atoms with Crippen LogP contribution in [0.5, 0.6) is 0 Å². The van der Waals surface area contributed by atoms with Crippen molar-refractivity contribution >= 4 is 6.09 Å². The highest BCUT2D eigenvalue weighted by Gasteiger charge is 2.45. The Morgan fingerprint density at radius 3 is 2.20 bits per heavy atom. The molecule has 2 bridgehead atoms. The highest BCUT2D eigenvalue weighted by atomic mass is 16.6. The Bertz CT molecular complexity index is 600. The molecule has 0 aliphatic carbocycles. The predicted molar refractivity (Wildman–Crippen MR) is 98.6 cm³/mol. The smallest absolute Gasteiger partial charge is 0.410 e. The van der Waals surface area contributed by atoms with Gasteiger partial charge in [-0.25, -0.2) is 4.79 Å². The maximum atomic E-state index is 12.5. The lowest BCUT2D eigenvalue weighted by atomic mass is 9.99. The molecule has 1 unspecified atom stereocenters. The zero-order chi connectivity index (χ0) is 18.2. The fourth-order valence-electron chi connectivity index (χ4n) is 4.15. The van der Waals surface area contributed by atoms with Crippen LogP contribution in [0.2, 0.25) is 0 Å². The van der Waals surface area contributed by atoms with Crippen LogP contribution >= 0.6 is 0 Å². The Balaban J connectivity index is 1.59. The molecule has 3 rings (SSSR count). The molecule has 0 spiro atoms. The molecule has 0 radical (unpaired) electrons. The summed E-state index contributed by atoms with van der Waals surface area (Å²) in [5.74, 6) is 0. The average molecular weight is 345 g/mol. The number of aryl methyl sites for hydroxylation is 2. The highest BCUT2D eigenvalue weighted by Crippen LogP contribution is 2.38. The van der Waals surface area contributed by atoms with Gasteiger partial charge in [0.25, 0.3) is 0 Å². The maximum Gasteiger partial charge on any atom is 0.410 e. The Hall–Kier alpha value is -1.55. The van der Waals surface area contributed by atoms with Crippen LogP contribution in [0, 0.1) is 13.8 Å². The molecule has 2 aliphatic rings. The number of ether oxygens (including phenoxy) is 2. The average Bonchev–Trinajstić information content (AvgIpc) is 2.76. The summed E-state index contributed by atoms with van der Waals surface area (Å²) in [6.07, 6.45) is 4.03. The Morgan fingerprint density at radius 1 is 1.12 bits per heavy atom. The van der Waals surface area contributed by atoms with Crippen molar-refractivity contribution in [3.05, 3.63) is 34.9 Å². The Labute approximate surface area is 151 Å². The van der Waals surface area contributed by atoms with E-state index >= 15 is 0 Å². The standard InChI is InChI=1S/C21H31NO3/c1-14-7-6-8-15(2)19(14)13-24-18-11-16-9-10-17(12-18)22(16)20(23)25-21(3,4)5/h6-8,16-18H,9-13H2,1-5H3/t16-,17+,18?. The predicted octanol–water partition coefficient (Wildman–Crippen LogP) is 4.75. The molecule has 2 aliphatic heterocycles. The minimum Gasteiger partial charge on any atom is -0.444 e. The summed E-state index contributed by atoms with van der Waals surface area (Å²) in [4.78, 5) is 14.5. The van der Waals surface area contributed by atoms with Crippen LogP contribution < -0.4 is 0 Å². The molecule has 0 aromatic heterocycles. The monoisotopic (exact) mass is 345 g/mol. The van der Waals surface area contributed by atoms with Gasteiger partial charge in [0, 0.05) is 12.1 Å². The summed E-state index contributed by atoms with van der Waals surface area (Å²) >= 11 is 0. The van der Waals surface area contributed by atoms with Crippen LogP contribution in [-0.4, -0.2) is 34.8 Å². The van der Waals surface area contributed by atoms with Crippen LogP contribution in [0.15, 0.2) is 18.2 Å². The fraction of sp³-hybridized carbons (Fsp3) is 0.667. The van der Waals surface area contributed by atoms with Crippen molar-refractivity contribution < 1.29 is 14.3 Å². The van der Waals surface area contributed by atoms with E-state index in [4.69, 9.17) is 9.47 Å². The number of amides is 1. The first-order valence-corrected chi connectivity index (χ1v) is 9.42. The molecular weight excluding hydrogens is 314 g/mol. The van der Waals surface area contributed by atoms with E-state index in [1.807, 2.05) is 25.7 Å². The van der Waals surface area contributed by atoms with Crippen molar-refractivity contribution in [3.63, 3.8) is 0 Å². The number of hydrogen-bond donors (Lipinski definition) is 0. The van der Waals surface area contributed by atoms with Crippen molar-refractivity contribution in [3.8, 4) is 0 Å². The molecule has 1 aromatic carbocycles. The first-order chi connectivity index (χ1) is 11.7. The molecule has 2 heterocycles. The van der Waals surface area contributed by atoms with E-state index < -0.39 is 5.60 Å². The van der Waals surface area contributed by atoms with Gasteiger partial charge in [-0.3, -0.25) is 0 Å². The second-order valence-corrected chi connectivity index (χ2v) is 8.55. The van der Waals surface area contributed by atoms with Crippen molar-refractivity contribution in [1.29, 1.82) is 0 Å². The lowest BCUT2D eigenvalue weighted by molar-refractivity contribution is -0.0398. The minimum atomic E-state index is -0.438. The van der Waals surface area contributed by atoms with Gasteiger partial charge in [-0.2, -0.15) is 0 Å². The number of hydrogen-bond acceptors (Lipinski definition) is 3. The minimum absolute atomic E-state index is 0.159. The summed E-state index contributed by atoms with van der Waals surface area (Å²) in [6, 6.07) is 6.89. The van der Waals surface area contributed by atoms with E-state index in [1.54, 1.807) is 0 Å². The Kier molecular flexibility index (Phi) is 5.10. The van der Waals surface area contributed by atoms with E-state index in [9.17, 15) is 4.79 Å². The number of carbonyl (C=O) groups excluding carboxylic acids is 1. The number of carbonyl (C=O) groups is 1. The van der Waals surface area contributed by atoms with Crippen LogP contribution in [0.1, 0.15) is 63.1 Å². The summed E-state index contributed by atoms with van der Waals surface area (Å²) < 4.78 is 11.9. The van der Waals surface area contributed by atoms with Crippen LogP contribution in [-0.2, 0) is 16.1 Å². The number of nitrogens with zero attached hydrogens (tertiary/aromatic N) is 1.